The second-order valence-corrected chi connectivity index (χ2v) is 5.91. The van der Waals surface area contributed by atoms with Crippen molar-refractivity contribution in [3.8, 4) is 0 Å². The maximum absolute atomic E-state index is 12.8. The van der Waals surface area contributed by atoms with Crippen molar-refractivity contribution in [1.29, 1.82) is 0 Å². The van der Waals surface area contributed by atoms with Gasteiger partial charge in [0.05, 0.1) is 5.92 Å². The van der Waals surface area contributed by atoms with E-state index in [-0.39, 0.29) is 23.9 Å². The maximum atomic E-state index is 12.8. The maximum Gasteiger partial charge on any atom is 0.227 e. The molecule has 3 heteroatoms. The van der Waals surface area contributed by atoms with Crippen molar-refractivity contribution in [2.45, 2.75) is 58.2 Å². The van der Waals surface area contributed by atoms with E-state index in [1.807, 2.05) is 23.1 Å². The molecule has 1 fully saturated rings. The Morgan fingerprint density at radius 2 is 2.05 bits per heavy atom. The van der Waals surface area contributed by atoms with Crippen LogP contribution in [0.4, 0.5) is 0 Å². The van der Waals surface area contributed by atoms with Crippen LogP contribution in [-0.2, 0) is 11.3 Å². The molecule has 3 unspecified atom stereocenters. The molecule has 3 nitrogen and oxygen atoms in total. The summed E-state index contributed by atoms with van der Waals surface area (Å²) in [6.07, 6.45) is 3.98. The summed E-state index contributed by atoms with van der Waals surface area (Å²) in [6, 6.07) is 10.5. The number of amides is 1. The lowest BCUT2D eigenvalue weighted by Crippen LogP contribution is -2.45. The molecule has 1 saturated carbocycles. The molecule has 0 radical (unpaired) electrons. The first-order valence-corrected chi connectivity index (χ1v) is 7.73. The zero-order chi connectivity index (χ0) is 14.5. The molecule has 1 aromatic carbocycles. The van der Waals surface area contributed by atoms with Crippen molar-refractivity contribution in [3.05, 3.63) is 35.9 Å². The SMILES string of the molecule is CCC(C)N(Cc1ccccc1)C(=O)C1CCCC1N. The molecule has 0 bridgehead atoms. The number of nitrogens with zero attached hydrogens (tertiary/aromatic N) is 1. The molecule has 2 rings (SSSR count). The average Bonchev–Trinajstić information content (AvgIpc) is 2.90. The minimum absolute atomic E-state index is 0.0210. The fourth-order valence-electron chi connectivity index (χ4n) is 2.96. The van der Waals surface area contributed by atoms with E-state index in [0.717, 1.165) is 25.7 Å². The van der Waals surface area contributed by atoms with Gasteiger partial charge in [0.1, 0.15) is 0 Å². The molecule has 0 heterocycles. The molecular formula is C17H26N2O. The summed E-state index contributed by atoms with van der Waals surface area (Å²) in [7, 11) is 0. The number of hydrogen-bond acceptors (Lipinski definition) is 2. The third kappa shape index (κ3) is 3.40. The van der Waals surface area contributed by atoms with E-state index in [1.165, 1.54) is 5.56 Å². The lowest BCUT2D eigenvalue weighted by Gasteiger charge is -2.32. The van der Waals surface area contributed by atoms with Gasteiger partial charge in [-0.3, -0.25) is 4.79 Å². The summed E-state index contributed by atoms with van der Waals surface area (Å²) in [6.45, 7) is 4.95. The van der Waals surface area contributed by atoms with Crippen molar-refractivity contribution in [3.63, 3.8) is 0 Å². The normalized spacial score (nSPS) is 23.6. The van der Waals surface area contributed by atoms with Crippen LogP contribution in [0.3, 0.4) is 0 Å². The van der Waals surface area contributed by atoms with E-state index >= 15 is 0 Å². The first kappa shape index (κ1) is 15.0. The zero-order valence-corrected chi connectivity index (χ0v) is 12.6. The van der Waals surface area contributed by atoms with E-state index in [2.05, 4.69) is 26.0 Å². The van der Waals surface area contributed by atoms with Crippen LogP contribution in [0.25, 0.3) is 0 Å². The van der Waals surface area contributed by atoms with E-state index in [4.69, 9.17) is 5.73 Å². The summed E-state index contributed by atoms with van der Waals surface area (Å²) in [5.74, 6) is 0.265. The van der Waals surface area contributed by atoms with Crippen molar-refractivity contribution in [1.82, 2.24) is 4.90 Å². The molecule has 0 aromatic heterocycles. The van der Waals surface area contributed by atoms with E-state index in [9.17, 15) is 4.79 Å². The van der Waals surface area contributed by atoms with E-state index in [1.54, 1.807) is 0 Å². The Balaban J connectivity index is 2.13. The Morgan fingerprint density at radius 1 is 1.35 bits per heavy atom. The topological polar surface area (TPSA) is 46.3 Å². The lowest BCUT2D eigenvalue weighted by atomic mass is 10.0. The minimum Gasteiger partial charge on any atom is -0.335 e. The van der Waals surface area contributed by atoms with Gasteiger partial charge in [-0.25, -0.2) is 0 Å². The van der Waals surface area contributed by atoms with Gasteiger partial charge in [-0.1, -0.05) is 43.7 Å². The molecule has 110 valence electrons. The molecule has 1 aromatic rings. The Hall–Kier alpha value is -1.35. The number of hydrogen-bond donors (Lipinski definition) is 1. The van der Waals surface area contributed by atoms with Crippen LogP contribution >= 0.6 is 0 Å². The first-order chi connectivity index (χ1) is 9.63. The predicted molar refractivity (Wildman–Crippen MR) is 82.1 cm³/mol. The van der Waals surface area contributed by atoms with Crippen LogP contribution in [0.2, 0.25) is 0 Å². The van der Waals surface area contributed by atoms with Crippen LogP contribution < -0.4 is 5.73 Å². The van der Waals surface area contributed by atoms with Crippen molar-refractivity contribution >= 4 is 5.91 Å². The van der Waals surface area contributed by atoms with Gasteiger partial charge in [-0.05, 0) is 31.7 Å². The summed E-state index contributed by atoms with van der Waals surface area (Å²) < 4.78 is 0. The Labute approximate surface area is 122 Å². The number of nitrogens with two attached hydrogens (primary N) is 1. The minimum atomic E-state index is 0.0210. The van der Waals surface area contributed by atoms with Gasteiger partial charge in [-0.2, -0.15) is 0 Å². The first-order valence-electron chi connectivity index (χ1n) is 7.73. The standard InChI is InChI=1S/C17H26N2O/c1-3-13(2)19(12-14-8-5-4-6-9-14)17(20)15-10-7-11-16(15)18/h4-6,8-9,13,15-16H,3,7,10-12,18H2,1-2H3. The Bertz CT molecular complexity index is 432. The van der Waals surface area contributed by atoms with Crippen LogP contribution in [0, 0.1) is 5.92 Å². The predicted octanol–water partition coefficient (Wildman–Crippen LogP) is 2.94. The molecule has 0 saturated heterocycles. The molecule has 0 spiro atoms. The highest BCUT2D eigenvalue weighted by Crippen LogP contribution is 2.27. The lowest BCUT2D eigenvalue weighted by molar-refractivity contribution is -0.138. The highest BCUT2D eigenvalue weighted by atomic mass is 16.2. The highest BCUT2D eigenvalue weighted by Gasteiger charge is 2.34. The molecular weight excluding hydrogens is 248 g/mol. The fraction of sp³-hybridized carbons (Fsp3) is 0.588. The van der Waals surface area contributed by atoms with Gasteiger partial charge in [0, 0.05) is 18.6 Å². The van der Waals surface area contributed by atoms with E-state index < -0.39 is 0 Å². The quantitative estimate of drug-likeness (QED) is 0.897. The van der Waals surface area contributed by atoms with Crippen LogP contribution in [0.15, 0.2) is 30.3 Å². The van der Waals surface area contributed by atoms with Gasteiger partial charge in [0.25, 0.3) is 0 Å². The summed E-state index contributed by atoms with van der Waals surface area (Å²) in [5.41, 5.74) is 7.29. The van der Waals surface area contributed by atoms with Gasteiger partial charge >= 0.3 is 0 Å². The highest BCUT2D eigenvalue weighted by molar-refractivity contribution is 5.80. The van der Waals surface area contributed by atoms with E-state index in [0.29, 0.717) is 6.54 Å². The van der Waals surface area contributed by atoms with Gasteiger partial charge < -0.3 is 10.6 Å². The molecule has 1 aliphatic rings. The van der Waals surface area contributed by atoms with Gasteiger partial charge in [0.15, 0.2) is 0 Å². The van der Waals surface area contributed by atoms with Gasteiger partial charge in [0.2, 0.25) is 5.91 Å². The molecule has 1 aliphatic carbocycles. The molecule has 20 heavy (non-hydrogen) atoms. The van der Waals surface area contributed by atoms with Crippen LogP contribution in [0.1, 0.15) is 45.1 Å². The second kappa shape index (κ2) is 6.89. The average molecular weight is 274 g/mol. The molecule has 2 N–H and O–H groups in total. The van der Waals surface area contributed by atoms with Crippen molar-refractivity contribution in [2.75, 3.05) is 0 Å². The van der Waals surface area contributed by atoms with Crippen molar-refractivity contribution < 1.29 is 4.79 Å². The summed E-state index contributed by atoms with van der Waals surface area (Å²) in [4.78, 5) is 14.8. The molecule has 0 aliphatic heterocycles. The smallest absolute Gasteiger partial charge is 0.227 e. The zero-order valence-electron chi connectivity index (χ0n) is 12.6. The molecule has 3 atom stereocenters. The molecule has 1 amide bonds. The Morgan fingerprint density at radius 3 is 2.60 bits per heavy atom. The summed E-state index contributed by atoms with van der Waals surface area (Å²) >= 11 is 0. The third-order valence-electron chi connectivity index (χ3n) is 4.49. The number of carbonyl (C=O) groups is 1. The van der Waals surface area contributed by atoms with Crippen molar-refractivity contribution in [2.24, 2.45) is 11.7 Å². The second-order valence-electron chi connectivity index (χ2n) is 5.91. The number of benzene rings is 1. The third-order valence-corrected chi connectivity index (χ3v) is 4.49. The summed E-state index contributed by atoms with van der Waals surface area (Å²) in [5, 5.41) is 0. The fourth-order valence-corrected chi connectivity index (χ4v) is 2.96. The monoisotopic (exact) mass is 274 g/mol. The Kier molecular flexibility index (Phi) is 5.18. The number of rotatable bonds is 5. The van der Waals surface area contributed by atoms with Crippen LogP contribution in [0.5, 0.6) is 0 Å². The number of carbonyl (C=O) groups excluding carboxylic acids is 1. The van der Waals surface area contributed by atoms with Crippen LogP contribution in [-0.4, -0.2) is 22.9 Å². The van der Waals surface area contributed by atoms with Gasteiger partial charge in [-0.15, -0.1) is 0 Å². The largest absolute Gasteiger partial charge is 0.335 e.